The molecular formula is C15H18F4N2O3S. The lowest BCUT2D eigenvalue weighted by atomic mass is 10.1. The van der Waals surface area contributed by atoms with Crippen LogP contribution in [0.4, 0.5) is 17.6 Å². The number of carbonyl (C=O) groups excluding carboxylic acids is 1. The Kier molecular flexibility index (Phi) is 5.72. The van der Waals surface area contributed by atoms with Gasteiger partial charge in [0.25, 0.3) is 0 Å². The Labute approximate surface area is 143 Å². The molecule has 1 fully saturated rings. The Balaban J connectivity index is 2.15. The number of benzene rings is 1. The number of sulfonamides is 1. The van der Waals surface area contributed by atoms with Crippen molar-refractivity contribution in [2.45, 2.75) is 38.5 Å². The maximum atomic E-state index is 13.1. The van der Waals surface area contributed by atoms with Gasteiger partial charge in [-0.05, 0) is 30.5 Å². The third-order valence-corrected chi connectivity index (χ3v) is 6.06. The van der Waals surface area contributed by atoms with Crippen LogP contribution in [0.15, 0.2) is 18.2 Å². The second kappa shape index (κ2) is 7.28. The van der Waals surface area contributed by atoms with Crippen LogP contribution in [-0.4, -0.2) is 37.0 Å². The van der Waals surface area contributed by atoms with Crippen LogP contribution in [0, 0.1) is 5.82 Å². The van der Waals surface area contributed by atoms with E-state index in [9.17, 15) is 30.8 Å². The van der Waals surface area contributed by atoms with E-state index >= 15 is 0 Å². The van der Waals surface area contributed by atoms with Crippen LogP contribution in [0.25, 0.3) is 0 Å². The zero-order chi connectivity index (χ0) is 18.8. The van der Waals surface area contributed by atoms with Crippen LogP contribution < -0.4 is 5.32 Å². The smallest absolute Gasteiger partial charge is 0.351 e. The third kappa shape index (κ3) is 4.49. The summed E-state index contributed by atoms with van der Waals surface area (Å²) in [6.07, 6.45) is -4.15. The highest BCUT2D eigenvalue weighted by Gasteiger charge is 2.38. The first-order chi connectivity index (χ1) is 11.6. The summed E-state index contributed by atoms with van der Waals surface area (Å²) in [7, 11) is -3.54. The van der Waals surface area contributed by atoms with Gasteiger partial charge in [-0.3, -0.25) is 4.79 Å². The van der Waals surface area contributed by atoms with Crippen molar-refractivity contribution in [1.29, 1.82) is 0 Å². The van der Waals surface area contributed by atoms with E-state index in [-0.39, 0.29) is 17.9 Å². The van der Waals surface area contributed by atoms with Crippen molar-refractivity contribution in [3.05, 3.63) is 35.1 Å². The van der Waals surface area contributed by atoms with E-state index < -0.39 is 46.1 Å². The summed E-state index contributed by atoms with van der Waals surface area (Å²) < 4.78 is 77.0. The van der Waals surface area contributed by atoms with E-state index in [1.165, 1.54) is 0 Å². The zero-order valence-corrected chi connectivity index (χ0v) is 14.3. The molecule has 0 bridgehead atoms. The monoisotopic (exact) mass is 382 g/mol. The number of hydrogen-bond donors (Lipinski definition) is 1. The maximum Gasteiger partial charge on any atom is 0.416 e. The van der Waals surface area contributed by atoms with E-state index in [4.69, 9.17) is 0 Å². The van der Waals surface area contributed by atoms with Crippen LogP contribution in [-0.2, 0) is 27.5 Å². The second-order valence-corrected chi connectivity index (χ2v) is 7.74. The molecule has 1 saturated heterocycles. The molecule has 1 aliphatic heterocycles. The molecule has 140 valence electrons. The average molecular weight is 382 g/mol. The molecule has 1 heterocycles. The van der Waals surface area contributed by atoms with Gasteiger partial charge in [-0.1, -0.05) is 13.0 Å². The fourth-order valence-electron chi connectivity index (χ4n) is 2.86. The van der Waals surface area contributed by atoms with Gasteiger partial charge in [-0.15, -0.1) is 0 Å². The highest BCUT2D eigenvalue weighted by Crippen LogP contribution is 2.32. The van der Waals surface area contributed by atoms with Gasteiger partial charge in [0, 0.05) is 13.1 Å². The number of hydrogen-bond acceptors (Lipinski definition) is 3. The molecule has 1 aromatic carbocycles. The molecule has 1 amide bonds. The minimum Gasteiger partial charge on any atom is -0.351 e. The second-order valence-electron chi connectivity index (χ2n) is 5.69. The van der Waals surface area contributed by atoms with Crippen molar-refractivity contribution in [3.63, 3.8) is 0 Å². The number of halogens is 4. The fourth-order valence-corrected chi connectivity index (χ4v) is 4.61. The molecule has 2 rings (SSSR count). The average Bonchev–Trinajstić information content (AvgIpc) is 2.51. The zero-order valence-electron chi connectivity index (χ0n) is 13.4. The summed E-state index contributed by atoms with van der Waals surface area (Å²) in [6, 6.07) is 1.25. The molecule has 0 aliphatic carbocycles. The maximum absolute atomic E-state index is 13.1. The van der Waals surface area contributed by atoms with Crippen molar-refractivity contribution in [2.24, 2.45) is 0 Å². The van der Waals surface area contributed by atoms with Gasteiger partial charge in [-0.2, -0.15) is 17.5 Å². The first-order valence-corrected chi connectivity index (χ1v) is 9.30. The molecule has 10 heteroatoms. The van der Waals surface area contributed by atoms with E-state index in [0.29, 0.717) is 18.9 Å². The number of amides is 1. The highest BCUT2D eigenvalue weighted by molar-refractivity contribution is 7.89. The molecule has 0 spiro atoms. The fraction of sp³-hybridized carbons (Fsp3) is 0.533. The van der Waals surface area contributed by atoms with Crippen molar-refractivity contribution >= 4 is 15.9 Å². The van der Waals surface area contributed by atoms with Crippen LogP contribution in [0.1, 0.15) is 30.9 Å². The SMILES string of the molecule is CCN1C(C(=O)NCc2ccc(F)cc2C(F)(F)F)CCCS1(=O)=O. The van der Waals surface area contributed by atoms with Gasteiger partial charge in [0.05, 0.1) is 11.3 Å². The number of alkyl halides is 3. The molecule has 1 aromatic rings. The quantitative estimate of drug-likeness (QED) is 0.813. The predicted molar refractivity (Wildman–Crippen MR) is 82.4 cm³/mol. The summed E-state index contributed by atoms with van der Waals surface area (Å²) in [5.41, 5.74) is -1.46. The Bertz CT molecular complexity index is 750. The first kappa shape index (κ1) is 19.6. The molecule has 5 nitrogen and oxygen atoms in total. The highest BCUT2D eigenvalue weighted by atomic mass is 32.2. The van der Waals surface area contributed by atoms with Gasteiger partial charge < -0.3 is 5.32 Å². The molecule has 0 aromatic heterocycles. The van der Waals surface area contributed by atoms with E-state index in [2.05, 4.69) is 5.32 Å². The lowest BCUT2D eigenvalue weighted by Crippen LogP contribution is -2.52. The van der Waals surface area contributed by atoms with Crippen molar-refractivity contribution < 1.29 is 30.8 Å². The van der Waals surface area contributed by atoms with Crippen LogP contribution in [0.5, 0.6) is 0 Å². The Hall–Kier alpha value is -1.68. The Morgan fingerprint density at radius 2 is 2.04 bits per heavy atom. The van der Waals surface area contributed by atoms with E-state index in [0.717, 1.165) is 16.4 Å². The lowest BCUT2D eigenvalue weighted by molar-refractivity contribution is -0.138. The number of nitrogens with one attached hydrogen (secondary N) is 1. The molecular weight excluding hydrogens is 364 g/mol. The first-order valence-electron chi connectivity index (χ1n) is 7.69. The predicted octanol–water partition coefficient (Wildman–Crippen LogP) is 2.27. The summed E-state index contributed by atoms with van der Waals surface area (Å²) >= 11 is 0. The summed E-state index contributed by atoms with van der Waals surface area (Å²) in [5.74, 6) is -1.75. The molecule has 1 aliphatic rings. The van der Waals surface area contributed by atoms with Crippen molar-refractivity contribution in [1.82, 2.24) is 9.62 Å². The topological polar surface area (TPSA) is 66.5 Å². The summed E-state index contributed by atoms with van der Waals surface area (Å²) in [5, 5.41) is 2.34. The lowest BCUT2D eigenvalue weighted by Gasteiger charge is -2.33. The molecule has 1 atom stereocenters. The van der Waals surface area contributed by atoms with Crippen LogP contribution in [0.3, 0.4) is 0 Å². The third-order valence-electron chi connectivity index (χ3n) is 4.03. The Morgan fingerprint density at radius 1 is 1.36 bits per heavy atom. The van der Waals surface area contributed by atoms with Gasteiger partial charge in [-0.25, -0.2) is 12.8 Å². The standard InChI is InChI=1S/C15H18F4N2O3S/c1-2-21-13(4-3-7-25(21,23)24)14(22)20-9-10-5-6-11(16)8-12(10)15(17,18)19/h5-6,8,13H,2-4,7,9H2,1H3,(H,20,22). The molecule has 0 saturated carbocycles. The normalized spacial score (nSPS) is 21.1. The van der Waals surface area contributed by atoms with Crippen LogP contribution in [0.2, 0.25) is 0 Å². The van der Waals surface area contributed by atoms with Crippen molar-refractivity contribution in [3.8, 4) is 0 Å². The molecule has 0 radical (unpaired) electrons. The largest absolute Gasteiger partial charge is 0.416 e. The van der Waals surface area contributed by atoms with Crippen LogP contribution >= 0.6 is 0 Å². The minimum absolute atomic E-state index is 0.0548. The number of rotatable bonds is 4. The number of nitrogens with zero attached hydrogens (tertiary/aromatic N) is 1. The molecule has 1 N–H and O–H groups in total. The van der Waals surface area contributed by atoms with Crippen molar-refractivity contribution in [2.75, 3.05) is 12.3 Å². The van der Waals surface area contributed by atoms with Gasteiger partial charge in [0.1, 0.15) is 11.9 Å². The minimum atomic E-state index is -4.76. The molecule has 25 heavy (non-hydrogen) atoms. The number of carbonyl (C=O) groups is 1. The van der Waals surface area contributed by atoms with Gasteiger partial charge in [0.15, 0.2) is 0 Å². The van der Waals surface area contributed by atoms with Gasteiger partial charge >= 0.3 is 6.18 Å². The van der Waals surface area contributed by atoms with E-state index in [1.807, 2.05) is 0 Å². The van der Waals surface area contributed by atoms with E-state index in [1.54, 1.807) is 6.92 Å². The Morgan fingerprint density at radius 3 is 2.64 bits per heavy atom. The number of likely N-dealkylation sites (N-methyl/N-ethyl adjacent to an activating group) is 1. The van der Waals surface area contributed by atoms with Gasteiger partial charge in [0.2, 0.25) is 15.9 Å². The summed E-state index contributed by atoms with van der Waals surface area (Å²) in [4.78, 5) is 12.3. The molecule has 1 unspecified atom stereocenters. The summed E-state index contributed by atoms with van der Waals surface area (Å²) in [6.45, 7) is 1.22.